The Kier molecular flexibility index (Phi) is 5.94. The maximum Gasteiger partial charge on any atom is 0.254 e. The molecular weight excluding hydrogens is 464 g/mol. The SMILES string of the molecule is Cc1ccc(S(=O)(=O)N2CCOCC2)cc1C(=O)N1CCc2sccc2C1c1cccs1. The van der Waals surface area contributed by atoms with Crippen LogP contribution in [0.2, 0.25) is 0 Å². The highest BCUT2D eigenvalue weighted by molar-refractivity contribution is 7.89. The first-order valence-electron chi connectivity index (χ1n) is 10.6. The van der Waals surface area contributed by atoms with Crippen molar-refractivity contribution in [3.05, 3.63) is 73.6 Å². The van der Waals surface area contributed by atoms with Crippen molar-refractivity contribution in [3.8, 4) is 0 Å². The number of ether oxygens (including phenoxy) is 1. The molecule has 1 aromatic carbocycles. The molecule has 9 heteroatoms. The lowest BCUT2D eigenvalue weighted by Crippen LogP contribution is -2.41. The van der Waals surface area contributed by atoms with Gasteiger partial charge < -0.3 is 9.64 Å². The number of carbonyl (C=O) groups excluding carboxylic acids is 1. The number of hydrogen-bond acceptors (Lipinski definition) is 6. The third-order valence-corrected chi connectivity index (χ3v) is 9.90. The fraction of sp³-hybridized carbons (Fsp3) is 0.348. The minimum Gasteiger partial charge on any atom is -0.379 e. The van der Waals surface area contributed by atoms with Crippen molar-refractivity contribution in [2.45, 2.75) is 24.3 Å². The van der Waals surface area contributed by atoms with Gasteiger partial charge >= 0.3 is 0 Å². The van der Waals surface area contributed by atoms with Crippen LogP contribution in [0.5, 0.6) is 0 Å². The minimum atomic E-state index is -3.68. The first-order chi connectivity index (χ1) is 15.5. The minimum absolute atomic E-state index is 0.128. The molecule has 168 valence electrons. The smallest absolute Gasteiger partial charge is 0.254 e. The Bertz CT molecular complexity index is 1230. The van der Waals surface area contributed by atoms with Crippen LogP contribution in [0.15, 0.2) is 52.1 Å². The van der Waals surface area contributed by atoms with Gasteiger partial charge in [-0.2, -0.15) is 4.31 Å². The average molecular weight is 489 g/mol. The highest BCUT2D eigenvalue weighted by Gasteiger charge is 2.35. The van der Waals surface area contributed by atoms with Crippen molar-refractivity contribution in [1.82, 2.24) is 9.21 Å². The fourth-order valence-corrected chi connectivity index (χ4v) is 7.56. The number of thiophene rings is 2. The number of aryl methyl sites for hydroxylation is 1. The Hall–Kier alpha value is -2.04. The lowest BCUT2D eigenvalue weighted by atomic mass is 9.96. The third-order valence-electron chi connectivity index (χ3n) is 6.09. The standard InChI is InChI=1S/C23H24N2O4S3/c1-16-4-5-17(32(27,28)24-9-11-29-12-10-24)15-19(16)23(26)25-8-6-20-18(7-14-31-20)22(25)21-3-2-13-30-21/h2-5,7,13-15,22H,6,8-12H2,1H3. The number of rotatable bonds is 4. The molecule has 2 aromatic heterocycles. The number of hydrogen-bond donors (Lipinski definition) is 0. The van der Waals surface area contributed by atoms with Crippen LogP contribution in [-0.2, 0) is 21.2 Å². The molecule has 1 atom stereocenters. The maximum atomic E-state index is 13.8. The van der Waals surface area contributed by atoms with Crippen LogP contribution in [0.1, 0.15) is 37.3 Å². The van der Waals surface area contributed by atoms with E-state index >= 15 is 0 Å². The summed E-state index contributed by atoms with van der Waals surface area (Å²) in [6, 6.07) is 10.9. The molecule has 0 spiro atoms. The summed E-state index contributed by atoms with van der Waals surface area (Å²) in [5, 5.41) is 4.11. The number of carbonyl (C=O) groups is 1. The second-order valence-corrected chi connectivity index (χ2v) is 11.9. The van der Waals surface area contributed by atoms with E-state index in [2.05, 4.69) is 17.5 Å². The first kappa shape index (κ1) is 21.8. The van der Waals surface area contributed by atoms with Crippen molar-refractivity contribution in [1.29, 1.82) is 0 Å². The highest BCUT2D eigenvalue weighted by Crippen LogP contribution is 2.40. The molecule has 1 saturated heterocycles. The Morgan fingerprint density at radius 2 is 1.88 bits per heavy atom. The van der Waals surface area contributed by atoms with Crippen LogP contribution in [-0.4, -0.2) is 56.4 Å². The van der Waals surface area contributed by atoms with Crippen LogP contribution in [0.3, 0.4) is 0 Å². The summed E-state index contributed by atoms with van der Waals surface area (Å²) >= 11 is 3.37. The lowest BCUT2D eigenvalue weighted by Gasteiger charge is -2.36. The van der Waals surface area contributed by atoms with E-state index < -0.39 is 10.0 Å². The molecule has 1 fully saturated rings. The molecule has 1 amide bonds. The molecule has 0 N–H and O–H groups in total. The normalized spacial score (nSPS) is 19.7. The van der Waals surface area contributed by atoms with Gasteiger partial charge in [-0.3, -0.25) is 4.79 Å². The number of benzene rings is 1. The largest absolute Gasteiger partial charge is 0.379 e. The summed E-state index contributed by atoms with van der Waals surface area (Å²) in [7, 11) is -3.68. The molecular formula is C23H24N2O4S3. The van der Waals surface area contributed by atoms with E-state index in [0.717, 1.165) is 16.9 Å². The highest BCUT2D eigenvalue weighted by atomic mass is 32.2. The molecule has 0 bridgehead atoms. The Labute approximate surface area is 196 Å². The van der Waals surface area contributed by atoms with E-state index in [9.17, 15) is 13.2 Å². The molecule has 5 rings (SSSR count). The average Bonchev–Trinajstić information content (AvgIpc) is 3.51. The van der Waals surface area contributed by atoms with Gasteiger partial charge in [-0.15, -0.1) is 22.7 Å². The molecule has 2 aliphatic heterocycles. The van der Waals surface area contributed by atoms with Crippen LogP contribution in [0, 0.1) is 6.92 Å². The summed E-state index contributed by atoms with van der Waals surface area (Å²) < 4.78 is 33.1. The van der Waals surface area contributed by atoms with E-state index in [1.54, 1.807) is 40.9 Å². The quantitative estimate of drug-likeness (QED) is 0.558. The second-order valence-electron chi connectivity index (χ2n) is 7.96. The molecule has 1 unspecified atom stereocenters. The number of sulfonamides is 1. The predicted molar refractivity (Wildman–Crippen MR) is 126 cm³/mol. The van der Waals surface area contributed by atoms with Crippen LogP contribution in [0.25, 0.3) is 0 Å². The molecule has 32 heavy (non-hydrogen) atoms. The van der Waals surface area contributed by atoms with E-state index in [4.69, 9.17) is 4.74 Å². The Balaban J connectivity index is 1.52. The fourth-order valence-electron chi connectivity index (χ4n) is 4.37. The summed E-state index contributed by atoms with van der Waals surface area (Å²) in [6.45, 7) is 3.89. The van der Waals surface area contributed by atoms with Gasteiger partial charge in [-0.05, 0) is 59.5 Å². The number of fused-ring (bicyclic) bond motifs is 1. The number of amides is 1. The van der Waals surface area contributed by atoms with E-state index in [1.165, 1.54) is 14.7 Å². The van der Waals surface area contributed by atoms with Gasteiger partial charge in [0.15, 0.2) is 0 Å². The van der Waals surface area contributed by atoms with Gasteiger partial charge in [0.05, 0.1) is 24.2 Å². The number of morpholine rings is 1. The first-order valence-corrected chi connectivity index (χ1v) is 13.8. The van der Waals surface area contributed by atoms with Gasteiger partial charge in [0.1, 0.15) is 0 Å². The summed E-state index contributed by atoms with van der Waals surface area (Å²) in [4.78, 5) is 18.3. The molecule has 6 nitrogen and oxygen atoms in total. The topological polar surface area (TPSA) is 66.9 Å². The van der Waals surface area contributed by atoms with E-state index in [0.29, 0.717) is 38.4 Å². The Morgan fingerprint density at radius 1 is 1.06 bits per heavy atom. The van der Waals surface area contributed by atoms with Crippen LogP contribution >= 0.6 is 22.7 Å². The van der Waals surface area contributed by atoms with Gasteiger partial charge in [0, 0.05) is 35.0 Å². The van der Waals surface area contributed by atoms with Crippen LogP contribution < -0.4 is 0 Å². The lowest BCUT2D eigenvalue weighted by molar-refractivity contribution is 0.0697. The molecule has 2 aliphatic rings. The zero-order valence-corrected chi connectivity index (χ0v) is 20.1. The molecule has 0 aliphatic carbocycles. The zero-order chi connectivity index (χ0) is 22.3. The molecule has 0 radical (unpaired) electrons. The van der Waals surface area contributed by atoms with E-state index in [1.807, 2.05) is 23.3 Å². The summed E-state index contributed by atoms with van der Waals surface area (Å²) in [5.74, 6) is -0.128. The maximum absolute atomic E-state index is 13.8. The van der Waals surface area contributed by atoms with Crippen molar-refractivity contribution < 1.29 is 17.9 Å². The van der Waals surface area contributed by atoms with Crippen molar-refractivity contribution in [3.63, 3.8) is 0 Å². The molecule has 3 aromatic rings. The predicted octanol–water partition coefficient (Wildman–Crippen LogP) is 3.93. The van der Waals surface area contributed by atoms with Crippen molar-refractivity contribution >= 4 is 38.6 Å². The van der Waals surface area contributed by atoms with Crippen LogP contribution in [0.4, 0.5) is 0 Å². The monoisotopic (exact) mass is 488 g/mol. The molecule has 4 heterocycles. The van der Waals surface area contributed by atoms with Gasteiger partial charge in [-0.1, -0.05) is 12.1 Å². The van der Waals surface area contributed by atoms with Gasteiger partial charge in [0.25, 0.3) is 5.91 Å². The van der Waals surface area contributed by atoms with Crippen molar-refractivity contribution in [2.75, 3.05) is 32.8 Å². The Morgan fingerprint density at radius 3 is 2.62 bits per heavy atom. The second kappa shape index (κ2) is 8.72. The third kappa shape index (κ3) is 3.82. The van der Waals surface area contributed by atoms with Gasteiger partial charge in [0.2, 0.25) is 10.0 Å². The number of nitrogens with zero attached hydrogens (tertiary/aromatic N) is 2. The summed E-state index contributed by atoms with van der Waals surface area (Å²) in [5.41, 5.74) is 2.39. The zero-order valence-electron chi connectivity index (χ0n) is 17.7. The van der Waals surface area contributed by atoms with E-state index in [-0.39, 0.29) is 16.8 Å². The van der Waals surface area contributed by atoms with Gasteiger partial charge in [-0.25, -0.2) is 8.42 Å². The van der Waals surface area contributed by atoms with Crippen molar-refractivity contribution in [2.24, 2.45) is 0 Å². The molecule has 0 saturated carbocycles. The summed E-state index contributed by atoms with van der Waals surface area (Å²) in [6.07, 6.45) is 0.811.